The third kappa shape index (κ3) is 4.73. The maximum atomic E-state index is 15.0. The van der Waals surface area contributed by atoms with Crippen molar-refractivity contribution in [2.75, 3.05) is 7.11 Å². The van der Waals surface area contributed by atoms with Gasteiger partial charge in [0, 0.05) is 21.3 Å². The fourth-order valence-electron chi connectivity index (χ4n) is 5.44. The van der Waals surface area contributed by atoms with Gasteiger partial charge in [0.2, 0.25) is 0 Å². The van der Waals surface area contributed by atoms with E-state index in [0.29, 0.717) is 22.9 Å². The SMILES string of the molecule is COc1ccc(-n2c(-c3ccccc3)c(-c3ccccc3)n3nc(-c4ccccc4)[n+](-c4ccc(Br)cc4)c3c2=O)cc1. The lowest BCUT2D eigenvalue weighted by molar-refractivity contribution is -0.557. The van der Waals surface area contributed by atoms with Gasteiger partial charge in [-0.2, -0.15) is 4.57 Å². The summed E-state index contributed by atoms with van der Waals surface area (Å²) >= 11 is 3.56. The fourth-order valence-corrected chi connectivity index (χ4v) is 5.70. The largest absolute Gasteiger partial charge is 0.497 e. The number of benzene rings is 5. The van der Waals surface area contributed by atoms with Crippen LogP contribution in [-0.4, -0.2) is 21.3 Å². The molecule has 7 aromatic rings. The molecule has 0 saturated heterocycles. The number of halogens is 1. The second-order valence-corrected chi connectivity index (χ2v) is 10.9. The minimum absolute atomic E-state index is 0.207. The summed E-state index contributed by atoms with van der Waals surface area (Å²) in [4.78, 5) is 15.0. The lowest BCUT2D eigenvalue weighted by Crippen LogP contribution is -2.39. The minimum atomic E-state index is -0.207. The van der Waals surface area contributed by atoms with Crippen molar-refractivity contribution in [1.29, 1.82) is 0 Å². The predicted molar refractivity (Wildman–Crippen MR) is 173 cm³/mol. The van der Waals surface area contributed by atoms with Crippen LogP contribution in [-0.2, 0) is 0 Å². The van der Waals surface area contributed by atoms with Crippen LogP contribution in [0.15, 0.2) is 149 Å². The molecule has 0 unspecified atom stereocenters. The van der Waals surface area contributed by atoms with Crippen LogP contribution in [0.1, 0.15) is 0 Å². The van der Waals surface area contributed by atoms with Crippen LogP contribution in [0, 0.1) is 0 Å². The smallest absolute Gasteiger partial charge is 0.338 e. The molecule has 0 aliphatic heterocycles. The van der Waals surface area contributed by atoms with E-state index in [0.717, 1.165) is 38.2 Å². The number of hydrogen-bond donors (Lipinski definition) is 0. The van der Waals surface area contributed by atoms with Crippen molar-refractivity contribution in [3.8, 4) is 51.0 Å². The predicted octanol–water partition coefficient (Wildman–Crippen LogP) is 7.53. The van der Waals surface area contributed by atoms with Gasteiger partial charge in [-0.3, -0.25) is 9.36 Å². The van der Waals surface area contributed by atoms with Gasteiger partial charge in [0.05, 0.1) is 23.5 Å². The van der Waals surface area contributed by atoms with Gasteiger partial charge in [-0.1, -0.05) is 99.3 Å². The zero-order valence-electron chi connectivity index (χ0n) is 23.3. The Labute approximate surface area is 256 Å². The minimum Gasteiger partial charge on any atom is -0.497 e. The van der Waals surface area contributed by atoms with Gasteiger partial charge in [0.15, 0.2) is 5.69 Å². The highest BCUT2D eigenvalue weighted by Crippen LogP contribution is 2.34. The Bertz CT molecular complexity index is 2110. The van der Waals surface area contributed by atoms with Gasteiger partial charge < -0.3 is 4.74 Å². The highest BCUT2D eigenvalue weighted by molar-refractivity contribution is 9.10. The first-order chi connectivity index (χ1) is 21.1. The topological polar surface area (TPSA) is 52.4 Å². The van der Waals surface area contributed by atoms with Crippen LogP contribution in [0.2, 0.25) is 0 Å². The van der Waals surface area contributed by atoms with E-state index < -0.39 is 0 Å². The molecule has 0 saturated carbocycles. The highest BCUT2D eigenvalue weighted by atomic mass is 79.9. The number of rotatable bonds is 6. The fraction of sp³-hybridized carbons (Fsp3) is 0.0278. The maximum Gasteiger partial charge on any atom is 0.338 e. The van der Waals surface area contributed by atoms with Gasteiger partial charge in [0.25, 0.3) is 0 Å². The van der Waals surface area contributed by atoms with Crippen LogP contribution in [0.5, 0.6) is 5.75 Å². The van der Waals surface area contributed by atoms with Gasteiger partial charge in [-0.05, 0) is 60.7 Å². The van der Waals surface area contributed by atoms with Crippen molar-refractivity contribution in [1.82, 2.24) is 14.2 Å². The van der Waals surface area contributed by atoms with E-state index in [4.69, 9.17) is 9.84 Å². The van der Waals surface area contributed by atoms with Gasteiger partial charge >= 0.3 is 17.0 Å². The Morgan fingerprint density at radius 3 is 1.74 bits per heavy atom. The molecule has 5 aromatic carbocycles. The summed E-state index contributed by atoms with van der Waals surface area (Å²) in [5, 5.41) is 5.20. The lowest BCUT2D eigenvalue weighted by atomic mass is 10.0. The van der Waals surface area contributed by atoms with E-state index in [9.17, 15) is 0 Å². The number of methoxy groups -OCH3 is 1. The van der Waals surface area contributed by atoms with Crippen LogP contribution < -0.4 is 14.9 Å². The van der Waals surface area contributed by atoms with Gasteiger partial charge in [-0.25, -0.2) is 0 Å². The molecule has 0 radical (unpaired) electrons. The second-order valence-electron chi connectivity index (χ2n) is 10.0. The molecule has 0 N–H and O–H groups in total. The number of nitrogens with zero attached hydrogens (tertiary/aromatic N) is 4. The quantitative estimate of drug-likeness (QED) is 0.179. The van der Waals surface area contributed by atoms with E-state index in [1.54, 1.807) is 11.7 Å². The molecule has 0 fully saturated rings. The lowest BCUT2D eigenvalue weighted by Gasteiger charge is -2.17. The summed E-state index contributed by atoms with van der Waals surface area (Å²) in [5.41, 5.74) is 5.99. The molecule has 7 heteroatoms. The average Bonchev–Trinajstić information content (AvgIpc) is 3.47. The number of aromatic nitrogens is 4. The molecule has 0 bridgehead atoms. The summed E-state index contributed by atoms with van der Waals surface area (Å²) < 4.78 is 11.9. The Kier molecular flexibility index (Phi) is 6.93. The third-order valence-corrected chi connectivity index (χ3v) is 7.94. The number of fused-ring (bicyclic) bond motifs is 1. The summed E-state index contributed by atoms with van der Waals surface area (Å²) in [6, 6.07) is 45.5. The molecule has 0 spiro atoms. The average molecular weight is 627 g/mol. The maximum absolute atomic E-state index is 15.0. The summed E-state index contributed by atoms with van der Waals surface area (Å²) in [6.45, 7) is 0. The van der Waals surface area contributed by atoms with Crippen molar-refractivity contribution < 1.29 is 9.30 Å². The molecule has 2 heterocycles. The van der Waals surface area contributed by atoms with Crippen molar-refractivity contribution in [3.05, 3.63) is 154 Å². The number of hydrogen-bond acceptors (Lipinski definition) is 3. The Balaban J connectivity index is 1.72. The van der Waals surface area contributed by atoms with Crippen molar-refractivity contribution in [2.24, 2.45) is 0 Å². The van der Waals surface area contributed by atoms with Crippen molar-refractivity contribution >= 4 is 21.6 Å². The Morgan fingerprint density at radius 1 is 0.651 bits per heavy atom. The summed E-state index contributed by atoms with van der Waals surface area (Å²) in [6.07, 6.45) is 0. The Morgan fingerprint density at radius 2 is 1.19 bits per heavy atom. The zero-order chi connectivity index (χ0) is 29.3. The Hall–Kier alpha value is -5.27. The molecule has 2 aromatic heterocycles. The first-order valence-electron chi connectivity index (χ1n) is 13.8. The molecular formula is C36H26BrN4O2+. The van der Waals surface area contributed by atoms with Crippen LogP contribution in [0.25, 0.3) is 50.9 Å². The molecule has 208 valence electrons. The molecule has 0 amide bonds. The highest BCUT2D eigenvalue weighted by Gasteiger charge is 2.33. The summed E-state index contributed by atoms with van der Waals surface area (Å²) in [7, 11) is 1.63. The van der Waals surface area contributed by atoms with Crippen molar-refractivity contribution in [3.63, 3.8) is 0 Å². The molecule has 43 heavy (non-hydrogen) atoms. The third-order valence-electron chi connectivity index (χ3n) is 7.41. The van der Waals surface area contributed by atoms with Crippen LogP contribution in [0.4, 0.5) is 0 Å². The van der Waals surface area contributed by atoms with Crippen molar-refractivity contribution in [2.45, 2.75) is 0 Å². The first-order valence-corrected chi connectivity index (χ1v) is 14.6. The standard InChI is InChI=1S/C36H26BrN4O2/c1-43-31-23-21-29(22-24-31)39-32(25-11-5-2-6-12-25)33(26-13-7-3-8-14-26)41-35(36(39)42)40(30-19-17-28(37)18-20-30)34(38-41)27-15-9-4-10-16-27/h2-24H,1H3/q+1. The molecule has 0 atom stereocenters. The van der Waals surface area contributed by atoms with E-state index in [-0.39, 0.29) is 5.56 Å². The van der Waals surface area contributed by atoms with E-state index in [2.05, 4.69) is 28.1 Å². The first kappa shape index (κ1) is 26.6. The zero-order valence-corrected chi connectivity index (χ0v) is 24.8. The molecule has 0 aliphatic rings. The van der Waals surface area contributed by atoms with E-state index >= 15 is 4.79 Å². The van der Waals surface area contributed by atoms with E-state index in [1.165, 1.54) is 0 Å². The molecule has 7 rings (SSSR count). The van der Waals surface area contributed by atoms with Crippen LogP contribution >= 0.6 is 15.9 Å². The summed E-state index contributed by atoms with van der Waals surface area (Å²) in [5.74, 6) is 1.37. The van der Waals surface area contributed by atoms with Gasteiger partial charge in [0.1, 0.15) is 11.4 Å². The second kappa shape index (κ2) is 11.2. The molecule has 6 nitrogen and oxygen atoms in total. The normalized spacial score (nSPS) is 11.1. The number of ether oxygens (including phenoxy) is 1. The van der Waals surface area contributed by atoms with Crippen LogP contribution in [0.3, 0.4) is 0 Å². The molecular weight excluding hydrogens is 600 g/mol. The monoisotopic (exact) mass is 625 g/mol. The molecule has 0 aliphatic carbocycles. The van der Waals surface area contributed by atoms with E-state index in [1.807, 2.05) is 136 Å². The van der Waals surface area contributed by atoms with Gasteiger partial charge in [-0.15, -0.1) is 0 Å².